The molecule has 2 heterocycles. The maximum Gasteiger partial charge on any atom is 0.283 e. The van der Waals surface area contributed by atoms with E-state index >= 15 is 0 Å². The van der Waals surface area contributed by atoms with E-state index in [0.717, 1.165) is 11.1 Å². The highest BCUT2D eigenvalue weighted by atomic mass is 16.5. The molecular formula is C21H17N3O4. The lowest BCUT2D eigenvalue weighted by Crippen LogP contribution is -2.20. The van der Waals surface area contributed by atoms with Gasteiger partial charge in [0.05, 0.1) is 6.26 Å². The summed E-state index contributed by atoms with van der Waals surface area (Å²) in [5.41, 5.74) is 2.51. The van der Waals surface area contributed by atoms with Gasteiger partial charge >= 0.3 is 0 Å². The second-order valence-corrected chi connectivity index (χ2v) is 6.12. The smallest absolute Gasteiger partial charge is 0.283 e. The summed E-state index contributed by atoms with van der Waals surface area (Å²) in [6.45, 7) is 1.92. The molecule has 0 aliphatic carbocycles. The zero-order chi connectivity index (χ0) is 19.3. The van der Waals surface area contributed by atoms with Gasteiger partial charge in [0, 0.05) is 11.3 Å². The van der Waals surface area contributed by atoms with Crippen LogP contribution >= 0.6 is 0 Å². The van der Waals surface area contributed by atoms with E-state index in [0.29, 0.717) is 29.0 Å². The number of benzene rings is 2. The number of rotatable bonds is 6. The second kappa shape index (κ2) is 7.79. The van der Waals surface area contributed by atoms with Gasteiger partial charge in [-0.2, -0.15) is 0 Å². The molecule has 7 nitrogen and oxygen atoms in total. The molecule has 2 aromatic carbocycles. The fraction of sp³-hybridized carbons (Fsp3) is 0.0952. The van der Waals surface area contributed by atoms with Gasteiger partial charge in [-0.05, 0) is 55.5 Å². The molecule has 0 fully saturated rings. The first-order valence-corrected chi connectivity index (χ1v) is 8.64. The summed E-state index contributed by atoms with van der Waals surface area (Å²) in [5.74, 6) is 1.60. The van der Waals surface area contributed by atoms with Gasteiger partial charge in [0.25, 0.3) is 11.8 Å². The van der Waals surface area contributed by atoms with Crippen molar-refractivity contribution in [3.05, 3.63) is 72.5 Å². The minimum absolute atomic E-state index is 0.0685. The molecule has 0 atom stereocenters. The average Bonchev–Trinajstić information content (AvgIpc) is 3.40. The lowest BCUT2D eigenvalue weighted by atomic mass is 10.2. The SMILES string of the molecule is Cc1ccc(OCC(=O)Nc2ccc(-c3nnc(-c4ccco4)o3)cc2)cc1. The molecule has 0 aliphatic rings. The van der Waals surface area contributed by atoms with E-state index < -0.39 is 0 Å². The highest BCUT2D eigenvalue weighted by Gasteiger charge is 2.12. The summed E-state index contributed by atoms with van der Waals surface area (Å²) < 4.78 is 16.3. The lowest BCUT2D eigenvalue weighted by molar-refractivity contribution is -0.118. The van der Waals surface area contributed by atoms with Gasteiger partial charge in [-0.25, -0.2) is 0 Å². The molecule has 1 amide bonds. The Morgan fingerprint density at radius 2 is 1.75 bits per heavy atom. The zero-order valence-electron chi connectivity index (χ0n) is 15.1. The summed E-state index contributed by atoms with van der Waals surface area (Å²) in [7, 11) is 0. The molecule has 2 aromatic heterocycles. The number of aromatic nitrogens is 2. The fourth-order valence-electron chi connectivity index (χ4n) is 2.52. The Labute approximate surface area is 161 Å². The van der Waals surface area contributed by atoms with Gasteiger partial charge in [-0.1, -0.05) is 17.7 Å². The largest absolute Gasteiger partial charge is 0.484 e. The average molecular weight is 375 g/mol. The van der Waals surface area contributed by atoms with Crippen molar-refractivity contribution >= 4 is 11.6 Å². The molecule has 0 radical (unpaired) electrons. The lowest BCUT2D eigenvalue weighted by Gasteiger charge is -2.08. The summed E-state index contributed by atoms with van der Waals surface area (Å²) >= 11 is 0. The molecule has 140 valence electrons. The number of hydrogen-bond acceptors (Lipinski definition) is 6. The normalized spacial score (nSPS) is 10.6. The van der Waals surface area contributed by atoms with E-state index in [1.54, 1.807) is 42.7 Å². The Hall–Kier alpha value is -3.87. The number of aryl methyl sites for hydroxylation is 1. The molecule has 0 aliphatic heterocycles. The van der Waals surface area contributed by atoms with Gasteiger partial charge in [-0.3, -0.25) is 4.79 Å². The molecule has 0 spiro atoms. The number of anilines is 1. The third-order valence-electron chi connectivity index (χ3n) is 3.96. The summed E-state index contributed by atoms with van der Waals surface area (Å²) in [6, 6.07) is 18.1. The van der Waals surface area contributed by atoms with E-state index in [4.69, 9.17) is 13.6 Å². The van der Waals surface area contributed by atoms with Crippen LogP contribution in [0.5, 0.6) is 5.75 Å². The predicted octanol–water partition coefficient (Wildman–Crippen LogP) is 4.32. The maximum atomic E-state index is 12.1. The first-order chi connectivity index (χ1) is 13.7. The van der Waals surface area contributed by atoms with Crippen molar-refractivity contribution in [2.45, 2.75) is 6.92 Å². The van der Waals surface area contributed by atoms with Crippen LogP contribution in [0.25, 0.3) is 23.1 Å². The minimum atomic E-state index is -0.244. The first kappa shape index (κ1) is 17.5. The van der Waals surface area contributed by atoms with Crippen molar-refractivity contribution in [1.82, 2.24) is 10.2 Å². The van der Waals surface area contributed by atoms with Gasteiger partial charge in [0.1, 0.15) is 5.75 Å². The van der Waals surface area contributed by atoms with Crippen molar-refractivity contribution in [2.75, 3.05) is 11.9 Å². The molecule has 7 heteroatoms. The van der Waals surface area contributed by atoms with E-state index in [9.17, 15) is 4.79 Å². The second-order valence-electron chi connectivity index (χ2n) is 6.12. The quantitative estimate of drug-likeness (QED) is 0.540. The summed E-state index contributed by atoms with van der Waals surface area (Å²) in [4.78, 5) is 12.1. The van der Waals surface area contributed by atoms with Crippen LogP contribution in [0, 0.1) is 6.92 Å². The van der Waals surface area contributed by atoms with E-state index in [1.807, 2.05) is 31.2 Å². The van der Waals surface area contributed by atoms with Crippen molar-refractivity contribution in [1.29, 1.82) is 0 Å². The Balaban J connectivity index is 1.35. The number of furan rings is 1. The van der Waals surface area contributed by atoms with Crippen LogP contribution in [-0.2, 0) is 4.79 Å². The number of hydrogen-bond donors (Lipinski definition) is 1. The monoisotopic (exact) mass is 375 g/mol. The van der Waals surface area contributed by atoms with Crippen LogP contribution < -0.4 is 10.1 Å². The molecule has 0 saturated heterocycles. The highest BCUT2D eigenvalue weighted by molar-refractivity contribution is 5.92. The summed E-state index contributed by atoms with van der Waals surface area (Å²) in [5, 5.41) is 10.8. The van der Waals surface area contributed by atoms with Crippen LogP contribution in [0.2, 0.25) is 0 Å². The standard InChI is InChI=1S/C21H17N3O4/c1-14-4-10-17(11-5-14)27-13-19(25)22-16-8-6-15(7-9-16)20-23-24-21(28-20)18-3-2-12-26-18/h2-12H,13H2,1H3,(H,22,25). The number of nitrogens with zero attached hydrogens (tertiary/aromatic N) is 2. The third kappa shape index (κ3) is 4.09. The van der Waals surface area contributed by atoms with Crippen molar-refractivity contribution < 1.29 is 18.4 Å². The minimum Gasteiger partial charge on any atom is -0.484 e. The topological polar surface area (TPSA) is 90.4 Å². The van der Waals surface area contributed by atoms with Gasteiger partial charge < -0.3 is 18.9 Å². The van der Waals surface area contributed by atoms with Gasteiger partial charge in [0.15, 0.2) is 12.4 Å². The fourth-order valence-corrected chi connectivity index (χ4v) is 2.52. The van der Waals surface area contributed by atoms with Crippen LogP contribution in [0.15, 0.2) is 75.8 Å². The Morgan fingerprint density at radius 3 is 2.46 bits per heavy atom. The number of ether oxygens (including phenoxy) is 1. The highest BCUT2D eigenvalue weighted by Crippen LogP contribution is 2.25. The van der Waals surface area contributed by atoms with Crippen LogP contribution in [0.4, 0.5) is 5.69 Å². The first-order valence-electron chi connectivity index (χ1n) is 8.64. The van der Waals surface area contributed by atoms with E-state index in [-0.39, 0.29) is 12.5 Å². The summed E-state index contributed by atoms with van der Waals surface area (Å²) in [6.07, 6.45) is 1.54. The maximum absolute atomic E-state index is 12.1. The van der Waals surface area contributed by atoms with Crippen molar-refractivity contribution in [3.63, 3.8) is 0 Å². The molecule has 4 rings (SSSR count). The molecule has 1 N–H and O–H groups in total. The third-order valence-corrected chi connectivity index (χ3v) is 3.96. The number of carbonyl (C=O) groups is 1. The number of nitrogens with one attached hydrogen (secondary N) is 1. The van der Waals surface area contributed by atoms with Crippen LogP contribution in [0.1, 0.15) is 5.56 Å². The van der Waals surface area contributed by atoms with Crippen molar-refractivity contribution in [3.8, 4) is 28.9 Å². The molecule has 28 heavy (non-hydrogen) atoms. The molecule has 0 bridgehead atoms. The van der Waals surface area contributed by atoms with Gasteiger partial charge in [-0.15, -0.1) is 10.2 Å². The van der Waals surface area contributed by atoms with Crippen LogP contribution in [-0.4, -0.2) is 22.7 Å². The number of amides is 1. The van der Waals surface area contributed by atoms with E-state index in [2.05, 4.69) is 15.5 Å². The molecule has 0 unspecified atom stereocenters. The van der Waals surface area contributed by atoms with Gasteiger partial charge in [0.2, 0.25) is 5.89 Å². The molecule has 4 aromatic rings. The number of carbonyl (C=O) groups excluding carboxylic acids is 1. The zero-order valence-corrected chi connectivity index (χ0v) is 15.1. The molecular weight excluding hydrogens is 358 g/mol. The predicted molar refractivity (Wildman–Crippen MR) is 103 cm³/mol. The van der Waals surface area contributed by atoms with Crippen molar-refractivity contribution in [2.24, 2.45) is 0 Å². The Kier molecular flexibility index (Phi) is 4.88. The Morgan fingerprint density at radius 1 is 1.00 bits per heavy atom. The molecule has 0 saturated carbocycles. The van der Waals surface area contributed by atoms with E-state index in [1.165, 1.54) is 0 Å². The van der Waals surface area contributed by atoms with Crippen LogP contribution in [0.3, 0.4) is 0 Å². The Bertz CT molecular complexity index is 1050.